The largest absolute Gasteiger partial charge is 0.376 e. The van der Waals surface area contributed by atoms with Crippen molar-refractivity contribution in [3.05, 3.63) is 38.9 Å². The molecule has 6 nitrogen and oxygen atoms in total. The fourth-order valence-corrected chi connectivity index (χ4v) is 3.50. The first-order chi connectivity index (χ1) is 12.6. The molecule has 1 aliphatic heterocycles. The van der Waals surface area contributed by atoms with Crippen molar-refractivity contribution in [2.45, 2.75) is 51.7 Å². The Morgan fingerprint density at radius 3 is 3.00 bits per heavy atom. The molecule has 2 N–H and O–H groups in total. The summed E-state index contributed by atoms with van der Waals surface area (Å²) in [6.45, 7) is 3.98. The average Bonchev–Trinajstić information content (AvgIpc) is 3.15. The molecule has 0 radical (unpaired) electrons. The van der Waals surface area contributed by atoms with E-state index in [1.54, 1.807) is 22.8 Å². The molecule has 2 heterocycles. The fourth-order valence-electron chi connectivity index (χ4n) is 3.23. The minimum Gasteiger partial charge on any atom is -0.376 e. The fraction of sp³-hybridized carbons (Fsp3) is 0.526. The second kappa shape index (κ2) is 8.60. The molecule has 1 amide bonds. The maximum Gasteiger partial charge on any atom is 0.262 e. The summed E-state index contributed by atoms with van der Waals surface area (Å²) in [6, 6.07) is 5.07. The Hall–Kier alpha value is -1.99. The molecule has 0 saturated carbocycles. The van der Waals surface area contributed by atoms with Gasteiger partial charge in [-0.2, -0.15) is 0 Å². The topological polar surface area (TPSA) is 76.1 Å². The maximum absolute atomic E-state index is 12.8. The molecule has 1 aliphatic rings. The van der Waals surface area contributed by atoms with Gasteiger partial charge in [0.2, 0.25) is 0 Å². The quantitative estimate of drug-likeness (QED) is 0.576. The van der Waals surface area contributed by atoms with Crippen LogP contribution in [0.25, 0.3) is 10.9 Å². The number of carbonyl (C=O) groups is 1. The zero-order valence-electron chi connectivity index (χ0n) is 15.0. The van der Waals surface area contributed by atoms with Crippen LogP contribution in [0.2, 0.25) is 0 Å². The summed E-state index contributed by atoms with van der Waals surface area (Å²) in [7, 11) is 0. The van der Waals surface area contributed by atoms with E-state index in [2.05, 4.69) is 17.2 Å². The number of unbranched alkanes of at least 4 members (excludes halogenated alkanes) is 2. The number of nitrogens with zero attached hydrogens (tertiary/aromatic N) is 1. The molecule has 0 aliphatic carbocycles. The number of hydrogen-bond donors (Lipinski definition) is 2. The summed E-state index contributed by atoms with van der Waals surface area (Å²) < 4.78 is 7.52. The number of fused-ring (bicyclic) bond motifs is 1. The molecule has 2 aromatic rings. The Kier molecular flexibility index (Phi) is 6.21. The molecule has 26 heavy (non-hydrogen) atoms. The van der Waals surface area contributed by atoms with Crippen molar-refractivity contribution < 1.29 is 9.53 Å². The standard InChI is InChI=1S/C19H25N3O3S/c1-2-3-4-9-20-17(23)13-7-8-15-16(11-13)21-19(26)22(18(15)24)12-14-6-5-10-25-14/h7-8,11,14H,2-6,9-10,12H2,1H3,(H,20,23)(H,21,26)/t14-/m0/s1. The van der Waals surface area contributed by atoms with Crippen LogP contribution >= 0.6 is 12.2 Å². The lowest BCUT2D eigenvalue weighted by Crippen LogP contribution is -2.28. The Bertz CT molecular complexity index is 897. The van der Waals surface area contributed by atoms with Crippen LogP contribution in [-0.4, -0.2) is 34.7 Å². The molecule has 1 saturated heterocycles. The number of ether oxygens (including phenoxy) is 1. The van der Waals surface area contributed by atoms with E-state index in [0.29, 0.717) is 34.3 Å². The number of benzene rings is 1. The highest BCUT2D eigenvalue weighted by Gasteiger charge is 2.18. The van der Waals surface area contributed by atoms with Gasteiger partial charge in [0, 0.05) is 18.7 Å². The number of H-pyrrole nitrogens is 1. The van der Waals surface area contributed by atoms with E-state index < -0.39 is 0 Å². The van der Waals surface area contributed by atoms with Crippen LogP contribution < -0.4 is 10.9 Å². The lowest BCUT2D eigenvalue weighted by atomic mass is 10.1. The number of carbonyl (C=O) groups excluding carboxylic acids is 1. The first kappa shape index (κ1) is 18.8. The minimum atomic E-state index is -0.144. The van der Waals surface area contributed by atoms with Gasteiger partial charge in [0.25, 0.3) is 11.5 Å². The summed E-state index contributed by atoms with van der Waals surface area (Å²) in [6.07, 6.45) is 5.16. The third kappa shape index (κ3) is 4.22. The van der Waals surface area contributed by atoms with Crippen molar-refractivity contribution in [1.29, 1.82) is 0 Å². The number of aromatic amines is 1. The van der Waals surface area contributed by atoms with Gasteiger partial charge in [-0.25, -0.2) is 0 Å². The molecule has 0 spiro atoms. The van der Waals surface area contributed by atoms with E-state index in [-0.39, 0.29) is 17.6 Å². The molecule has 0 unspecified atom stereocenters. The molecule has 7 heteroatoms. The van der Waals surface area contributed by atoms with E-state index in [4.69, 9.17) is 17.0 Å². The zero-order chi connectivity index (χ0) is 18.5. The van der Waals surface area contributed by atoms with Gasteiger partial charge in [0.05, 0.1) is 23.6 Å². The van der Waals surface area contributed by atoms with Gasteiger partial charge in [-0.1, -0.05) is 19.8 Å². The second-order valence-corrected chi connectivity index (χ2v) is 7.09. The van der Waals surface area contributed by atoms with Crippen LogP contribution in [0.15, 0.2) is 23.0 Å². The molecule has 3 rings (SSSR count). The van der Waals surface area contributed by atoms with Crippen molar-refractivity contribution in [3.63, 3.8) is 0 Å². The molecular formula is C19H25N3O3S. The van der Waals surface area contributed by atoms with Crippen molar-refractivity contribution >= 4 is 29.0 Å². The van der Waals surface area contributed by atoms with Crippen LogP contribution in [0.3, 0.4) is 0 Å². The molecule has 0 bridgehead atoms. The van der Waals surface area contributed by atoms with Gasteiger partial charge in [-0.3, -0.25) is 14.2 Å². The van der Waals surface area contributed by atoms with E-state index >= 15 is 0 Å². The molecule has 1 aromatic heterocycles. The number of aromatic nitrogens is 2. The molecular weight excluding hydrogens is 350 g/mol. The Balaban J connectivity index is 1.83. The highest BCUT2D eigenvalue weighted by Crippen LogP contribution is 2.15. The normalized spacial score (nSPS) is 16.9. The summed E-state index contributed by atoms with van der Waals surface area (Å²) in [5, 5.41) is 3.44. The number of rotatable bonds is 7. The Morgan fingerprint density at radius 2 is 2.27 bits per heavy atom. The first-order valence-corrected chi connectivity index (χ1v) is 9.67. The molecule has 140 valence electrons. The lowest BCUT2D eigenvalue weighted by molar-refractivity contribution is 0.0952. The van der Waals surface area contributed by atoms with Gasteiger partial charge in [-0.05, 0) is 49.7 Å². The third-order valence-electron chi connectivity index (χ3n) is 4.72. The van der Waals surface area contributed by atoms with Crippen molar-refractivity contribution in [2.75, 3.05) is 13.2 Å². The number of amides is 1. The van der Waals surface area contributed by atoms with Gasteiger partial charge in [-0.15, -0.1) is 0 Å². The Labute approximate surface area is 157 Å². The van der Waals surface area contributed by atoms with Gasteiger partial charge >= 0.3 is 0 Å². The zero-order valence-corrected chi connectivity index (χ0v) is 15.9. The van der Waals surface area contributed by atoms with E-state index in [0.717, 1.165) is 38.7 Å². The van der Waals surface area contributed by atoms with Gasteiger partial charge in [0.1, 0.15) is 0 Å². The molecule has 1 fully saturated rings. The monoisotopic (exact) mass is 375 g/mol. The SMILES string of the molecule is CCCCCNC(=O)c1ccc2c(=O)n(C[C@@H]3CCCO3)c(=S)[nH]c2c1. The minimum absolute atomic E-state index is 0.0356. The van der Waals surface area contributed by atoms with Crippen LogP contribution in [-0.2, 0) is 11.3 Å². The average molecular weight is 375 g/mol. The lowest BCUT2D eigenvalue weighted by Gasteiger charge is -2.13. The summed E-state index contributed by atoms with van der Waals surface area (Å²) in [4.78, 5) is 28.1. The van der Waals surface area contributed by atoms with Crippen LogP contribution in [0.1, 0.15) is 49.4 Å². The van der Waals surface area contributed by atoms with Crippen molar-refractivity contribution in [1.82, 2.24) is 14.9 Å². The van der Waals surface area contributed by atoms with E-state index in [1.165, 1.54) is 0 Å². The molecule has 1 atom stereocenters. The van der Waals surface area contributed by atoms with Crippen LogP contribution in [0.4, 0.5) is 0 Å². The highest BCUT2D eigenvalue weighted by atomic mass is 32.1. The van der Waals surface area contributed by atoms with Crippen molar-refractivity contribution in [2.24, 2.45) is 0 Å². The van der Waals surface area contributed by atoms with Crippen LogP contribution in [0.5, 0.6) is 0 Å². The number of hydrogen-bond acceptors (Lipinski definition) is 4. The predicted octanol–water partition coefficient (Wildman–Crippen LogP) is 3.16. The smallest absolute Gasteiger partial charge is 0.262 e. The second-order valence-electron chi connectivity index (χ2n) is 6.70. The third-order valence-corrected chi connectivity index (χ3v) is 5.04. The van der Waals surface area contributed by atoms with Crippen molar-refractivity contribution in [3.8, 4) is 0 Å². The number of nitrogens with one attached hydrogen (secondary N) is 2. The summed E-state index contributed by atoms with van der Waals surface area (Å²) in [5.74, 6) is -0.133. The van der Waals surface area contributed by atoms with Gasteiger partial charge in [0.15, 0.2) is 4.77 Å². The summed E-state index contributed by atoms with van der Waals surface area (Å²) >= 11 is 5.36. The van der Waals surface area contributed by atoms with Crippen LogP contribution in [0, 0.1) is 4.77 Å². The first-order valence-electron chi connectivity index (χ1n) is 9.27. The Morgan fingerprint density at radius 1 is 1.42 bits per heavy atom. The highest BCUT2D eigenvalue weighted by molar-refractivity contribution is 7.71. The van der Waals surface area contributed by atoms with E-state index in [9.17, 15) is 9.59 Å². The maximum atomic E-state index is 12.8. The predicted molar refractivity (Wildman–Crippen MR) is 104 cm³/mol. The molecule has 1 aromatic carbocycles. The summed E-state index contributed by atoms with van der Waals surface area (Å²) in [5.41, 5.74) is 0.967. The van der Waals surface area contributed by atoms with Gasteiger partial charge < -0.3 is 15.0 Å². The van der Waals surface area contributed by atoms with E-state index in [1.807, 2.05) is 0 Å².